The van der Waals surface area contributed by atoms with Crippen molar-refractivity contribution >= 4 is 33.0 Å². The molecule has 0 unspecified atom stereocenters. The molecule has 0 bridgehead atoms. The summed E-state index contributed by atoms with van der Waals surface area (Å²) in [5.74, 6) is 0.809. The molecule has 0 amide bonds. The van der Waals surface area contributed by atoms with Gasteiger partial charge < -0.3 is 4.42 Å². The van der Waals surface area contributed by atoms with Crippen LogP contribution in [0.25, 0.3) is 0 Å². The maximum atomic E-state index is 11.8. The normalized spacial score (nSPS) is 10.5. The molecule has 0 aliphatic rings. The highest BCUT2D eigenvalue weighted by atomic mass is 79.9. The topological polar surface area (TPSA) is 30.2 Å². The summed E-state index contributed by atoms with van der Waals surface area (Å²) < 4.78 is 5.95. The maximum absolute atomic E-state index is 11.8. The number of hydrogen-bond donors (Lipinski definition) is 0. The molecule has 0 atom stereocenters. The molecule has 2 heterocycles. The lowest BCUT2D eigenvalue weighted by molar-refractivity contribution is 0.0990. The number of hydrogen-bond acceptors (Lipinski definition) is 3. The molecule has 2 aromatic heterocycles. The molecular weight excluding hydrogens is 276 g/mol. The van der Waals surface area contributed by atoms with Crippen molar-refractivity contribution in [1.82, 2.24) is 0 Å². The van der Waals surface area contributed by atoms with Gasteiger partial charge in [0.15, 0.2) is 10.5 Å². The van der Waals surface area contributed by atoms with Crippen molar-refractivity contribution in [1.29, 1.82) is 0 Å². The van der Waals surface area contributed by atoms with Gasteiger partial charge in [-0.05, 0) is 52.0 Å². The lowest BCUT2D eigenvalue weighted by Gasteiger charge is -1.96. The Morgan fingerprint density at radius 3 is 2.80 bits per heavy atom. The van der Waals surface area contributed by atoms with E-state index in [9.17, 15) is 4.79 Å². The summed E-state index contributed by atoms with van der Waals surface area (Å²) in [5.41, 5.74) is 1.04. The highest BCUT2D eigenvalue weighted by Gasteiger charge is 2.13. The second-order valence-corrected chi connectivity index (χ2v) is 4.94. The minimum absolute atomic E-state index is 0.115. The lowest BCUT2D eigenvalue weighted by Crippen LogP contribution is -2.01. The summed E-state index contributed by atoms with van der Waals surface area (Å²) >= 11 is 4.69. The van der Waals surface area contributed by atoms with Crippen molar-refractivity contribution in [2.24, 2.45) is 0 Å². The summed E-state index contributed by atoms with van der Waals surface area (Å²) in [6, 6.07) is 5.56. The Hall–Kier alpha value is -0.870. The summed E-state index contributed by atoms with van der Waals surface area (Å²) in [5, 5.41) is 1.93. The van der Waals surface area contributed by atoms with Gasteiger partial charge in [0, 0.05) is 0 Å². The molecule has 0 spiro atoms. The highest BCUT2D eigenvalue weighted by molar-refractivity contribution is 9.10. The Labute approximate surface area is 100 Å². The van der Waals surface area contributed by atoms with E-state index in [0.717, 1.165) is 10.4 Å². The van der Waals surface area contributed by atoms with Crippen LogP contribution in [0.4, 0.5) is 0 Å². The number of aryl methyl sites for hydroxylation is 1. The quantitative estimate of drug-likeness (QED) is 0.802. The van der Waals surface area contributed by atoms with Gasteiger partial charge in [-0.3, -0.25) is 4.79 Å². The van der Waals surface area contributed by atoms with Crippen LogP contribution in [-0.4, -0.2) is 5.78 Å². The molecule has 0 fully saturated rings. The van der Waals surface area contributed by atoms with Crippen LogP contribution in [0.3, 0.4) is 0 Å². The molecule has 0 saturated carbocycles. The Bertz CT molecular complexity index is 484. The first-order chi connectivity index (χ1) is 7.16. The van der Waals surface area contributed by atoms with E-state index in [-0.39, 0.29) is 5.78 Å². The average Bonchev–Trinajstić information content (AvgIpc) is 2.75. The van der Waals surface area contributed by atoms with Crippen molar-refractivity contribution in [3.63, 3.8) is 0 Å². The minimum Gasteiger partial charge on any atom is -0.454 e. The van der Waals surface area contributed by atoms with Gasteiger partial charge in [-0.15, -0.1) is 11.3 Å². The van der Waals surface area contributed by atoms with Crippen molar-refractivity contribution in [3.8, 4) is 0 Å². The third kappa shape index (κ3) is 2.38. The van der Waals surface area contributed by atoms with Gasteiger partial charge in [-0.2, -0.15) is 0 Å². The fraction of sp³-hybridized carbons (Fsp3) is 0.182. The number of furan rings is 1. The zero-order valence-corrected chi connectivity index (χ0v) is 10.5. The standard InChI is InChI=1S/C11H9BrO2S/c1-7-4-5-15-11(7)9(13)6-8-2-3-10(12)14-8/h2-5H,6H2,1H3. The van der Waals surface area contributed by atoms with Gasteiger partial charge in [0.1, 0.15) is 5.76 Å². The van der Waals surface area contributed by atoms with E-state index in [0.29, 0.717) is 16.9 Å². The molecule has 15 heavy (non-hydrogen) atoms. The SMILES string of the molecule is Cc1ccsc1C(=O)Cc1ccc(Br)o1. The largest absolute Gasteiger partial charge is 0.454 e. The Morgan fingerprint density at radius 2 is 2.27 bits per heavy atom. The first kappa shape index (κ1) is 10.6. The molecule has 4 heteroatoms. The van der Waals surface area contributed by atoms with Gasteiger partial charge in [0.25, 0.3) is 0 Å². The van der Waals surface area contributed by atoms with Gasteiger partial charge in [0.2, 0.25) is 0 Å². The Balaban J connectivity index is 2.14. The molecule has 78 valence electrons. The van der Waals surface area contributed by atoms with E-state index in [1.807, 2.05) is 24.4 Å². The summed E-state index contributed by atoms with van der Waals surface area (Å²) in [6.45, 7) is 1.95. The zero-order valence-electron chi connectivity index (χ0n) is 8.12. The minimum atomic E-state index is 0.115. The fourth-order valence-corrected chi connectivity index (χ4v) is 2.55. The highest BCUT2D eigenvalue weighted by Crippen LogP contribution is 2.20. The van der Waals surface area contributed by atoms with E-state index in [1.54, 1.807) is 6.07 Å². The average molecular weight is 285 g/mol. The first-order valence-electron chi connectivity index (χ1n) is 4.48. The first-order valence-corrected chi connectivity index (χ1v) is 6.15. The molecule has 2 rings (SSSR count). The molecule has 0 N–H and O–H groups in total. The zero-order chi connectivity index (χ0) is 10.8. The second kappa shape index (κ2) is 4.33. The maximum Gasteiger partial charge on any atom is 0.180 e. The number of halogens is 1. The van der Waals surface area contributed by atoms with Crippen LogP contribution in [0.5, 0.6) is 0 Å². The van der Waals surface area contributed by atoms with Crippen LogP contribution in [0.15, 0.2) is 32.7 Å². The molecule has 0 saturated heterocycles. The lowest BCUT2D eigenvalue weighted by atomic mass is 10.1. The monoisotopic (exact) mass is 284 g/mol. The number of carbonyl (C=O) groups is 1. The van der Waals surface area contributed by atoms with E-state index < -0.39 is 0 Å². The third-order valence-corrected chi connectivity index (χ3v) is 3.56. The number of thiophene rings is 1. The molecule has 0 aromatic carbocycles. The summed E-state index contributed by atoms with van der Waals surface area (Å²) in [6.07, 6.45) is 0.326. The molecule has 0 aliphatic heterocycles. The van der Waals surface area contributed by atoms with E-state index in [4.69, 9.17) is 4.42 Å². The fourth-order valence-electron chi connectivity index (χ4n) is 1.34. The molecule has 2 aromatic rings. The molecule has 0 radical (unpaired) electrons. The van der Waals surface area contributed by atoms with E-state index in [1.165, 1.54) is 11.3 Å². The van der Waals surface area contributed by atoms with Crippen molar-refractivity contribution in [2.45, 2.75) is 13.3 Å². The van der Waals surface area contributed by atoms with E-state index in [2.05, 4.69) is 15.9 Å². The molecule has 2 nitrogen and oxygen atoms in total. The Kier molecular flexibility index (Phi) is 3.07. The van der Waals surface area contributed by atoms with Crippen LogP contribution < -0.4 is 0 Å². The van der Waals surface area contributed by atoms with Crippen LogP contribution in [-0.2, 0) is 6.42 Å². The summed E-state index contributed by atoms with van der Waals surface area (Å²) in [4.78, 5) is 12.7. The van der Waals surface area contributed by atoms with Crippen molar-refractivity contribution in [3.05, 3.63) is 44.4 Å². The number of rotatable bonds is 3. The van der Waals surface area contributed by atoms with Crippen molar-refractivity contribution < 1.29 is 9.21 Å². The Morgan fingerprint density at radius 1 is 1.47 bits per heavy atom. The van der Waals surface area contributed by atoms with Crippen LogP contribution in [0.1, 0.15) is 21.0 Å². The van der Waals surface area contributed by atoms with Gasteiger partial charge >= 0.3 is 0 Å². The predicted octanol–water partition coefficient (Wildman–Crippen LogP) is 3.84. The van der Waals surface area contributed by atoms with Crippen LogP contribution >= 0.6 is 27.3 Å². The molecule has 0 aliphatic carbocycles. The number of carbonyl (C=O) groups excluding carboxylic acids is 1. The smallest absolute Gasteiger partial charge is 0.180 e. The van der Waals surface area contributed by atoms with Crippen LogP contribution in [0.2, 0.25) is 0 Å². The van der Waals surface area contributed by atoms with E-state index >= 15 is 0 Å². The molecular formula is C11H9BrO2S. The number of ketones is 1. The second-order valence-electron chi connectivity index (χ2n) is 3.24. The van der Waals surface area contributed by atoms with Crippen molar-refractivity contribution in [2.75, 3.05) is 0 Å². The summed E-state index contributed by atoms with van der Waals surface area (Å²) in [7, 11) is 0. The van der Waals surface area contributed by atoms with Gasteiger partial charge in [0.05, 0.1) is 11.3 Å². The van der Waals surface area contributed by atoms with Crippen LogP contribution in [0, 0.1) is 6.92 Å². The van der Waals surface area contributed by atoms with Gasteiger partial charge in [-0.25, -0.2) is 0 Å². The predicted molar refractivity (Wildman–Crippen MR) is 63.5 cm³/mol. The number of Topliss-reactive ketones (excluding diaryl/α,β-unsaturated/α-hetero) is 1. The van der Waals surface area contributed by atoms with Gasteiger partial charge in [-0.1, -0.05) is 0 Å². The third-order valence-electron chi connectivity index (χ3n) is 2.08.